The number of nitrogens with one attached hydrogen (secondary N) is 1. The third-order valence-electron chi connectivity index (χ3n) is 10.6. The Balaban J connectivity index is 1.15. The van der Waals surface area contributed by atoms with Crippen LogP contribution in [0.1, 0.15) is 41.6 Å². The van der Waals surface area contributed by atoms with Crippen molar-refractivity contribution in [3.8, 4) is 0 Å². The van der Waals surface area contributed by atoms with Crippen LogP contribution in [0.15, 0.2) is 83.5 Å². The van der Waals surface area contributed by atoms with Gasteiger partial charge < -0.3 is 29.8 Å². The first-order valence-corrected chi connectivity index (χ1v) is 21.0. The average Bonchev–Trinajstić information content (AvgIpc) is 3.75. The van der Waals surface area contributed by atoms with Crippen LogP contribution in [0.2, 0.25) is 18.6 Å². The normalized spacial score (nSPS) is 24.3. The van der Waals surface area contributed by atoms with E-state index in [2.05, 4.69) is 31.6 Å². The van der Waals surface area contributed by atoms with Crippen LogP contribution in [0.25, 0.3) is 0 Å². The number of aromatic nitrogens is 3. The van der Waals surface area contributed by atoms with E-state index in [-0.39, 0.29) is 35.8 Å². The largest absolute Gasteiger partial charge is 0.432 e. The number of ether oxygens (including phenoxy) is 1. The summed E-state index contributed by atoms with van der Waals surface area (Å²) in [5.74, 6) is -0.681. The zero-order valence-electron chi connectivity index (χ0n) is 28.5. The highest BCUT2D eigenvalue weighted by Crippen LogP contribution is 2.60. The van der Waals surface area contributed by atoms with E-state index in [0.717, 1.165) is 39.1 Å². The first-order valence-electron chi connectivity index (χ1n) is 17.2. The number of carbonyl (C=O) groups excluding carboxylic acids is 2. The molecule has 2 amide bonds. The second-order valence-electron chi connectivity index (χ2n) is 14.1. The zero-order chi connectivity index (χ0) is 35.2. The van der Waals surface area contributed by atoms with Gasteiger partial charge in [-0.25, -0.2) is 0 Å². The van der Waals surface area contributed by atoms with E-state index >= 15 is 0 Å². The SMILES string of the molecule is C[C@@H]1[C@@H]([Si](C)(C)O)[C@H](CCn2cc(C(CO)c3ccccc3)nn2)O[C@@]12C(=O)N(Cc1ccc(N3CCNCC3=O)cc1)c1ccc(Br)cc12. The molecular weight excluding hydrogens is 716 g/mol. The van der Waals surface area contributed by atoms with Gasteiger partial charge in [-0.1, -0.05) is 70.5 Å². The second kappa shape index (κ2) is 13.8. The molecule has 1 unspecified atom stereocenters. The molecule has 0 aliphatic carbocycles. The van der Waals surface area contributed by atoms with Gasteiger partial charge in [-0.05, 0) is 61.0 Å². The molecule has 1 spiro atoms. The lowest BCUT2D eigenvalue weighted by Crippen LogP contribution is -2.48. The molecule has 3 aliphatic rings. The summed E-state index contributed by atoms with van der Waals surface area (Å²) >= 11 is 3.64. The first kappa shape index (κ1) is 34.7. The number of amides is 2. The lowest BCUT2D eigenvalue weighted by atomic mass is 9.82. The topological polar surface area (TPSA) is 133 Å². The predicted molar refractivity (Wildman–Crippen MR) is 196 cm³/mol. The van der Waals surface area contributed by atoms with Crippen LogP contribution >= 0.6 is 15.9 Å². The smallest absolute Gasteiger partial charge is 0.264 e. The predicted octanol–water partition coefficient (Wildman–Crippen LogP) is 4.54. The second-order valence-corrected chi connectivity index (χ2v) is 19.0. The van der Waals surface area contributed by atoms with Crippen molar-refractivity contribution in [1.82, 2.24) is 20.3 Å². The third kappa shape index (κ3) is 6.24. The standard InChI is InChI=1S/C37H43BrN6O5Si/c1-24-35(50(2,3)48)33(15-17-42-22-31(40-41-42)29(23-45)26-7-5-4-6-8-26)49-37(24)30-19-27(38)11-14-32(30)44(36(37)47)21-25-9-12-28(13-10-25)43-18-16-39-20-34(43)46/h4-14,19,22,24,29,33,35,39,45,48H,15-18,20-21,23H2,1-3H3/t24-,29?,33+,35-,37+/m1/s1. The molecule has 2 fully saturated rings. The monoisotopic (exact) mass is 758 g/mol. The molecule has 11 nitrogen and oxygen atoms in total. The minimum atomic E-state index is -2.86. The number of aliphatic hydroxyl groups is 1. The molecule has 13 heteroatoms. The Kier molecular flexibility index (Phi) is 9.56. The van der Waals surface area contributed by atoms with E-state index in [4.69, 9.17) is 4.74 Å². The van der Waals surface area contributed by atoms with Crippen molar-refractivity contribution in [1.29, 1.82) is 0 Å². The van der Waals surface area contributed by atoms with Crippen LogP contribution in [0, 0.1) is 5.92 Å². The summed E-state index contributed by atoms with van der Waals surface area (Å²) in [4.78, 5) is 42.6. The molecule has 1 aromatic heterocycles. The maximum absolute atomic E-state index is 14.8. The van der Waals surface area contributed by atoms with Crippen molar-refractivity contribution in [2.75, 3.05) is 36.0 Å². The lowest BCUT2D eigenvalue weighted by Gasteiger charge is -2.32. The molecule has 3 N–H and O–H groups in total. The number of hydrogen-bond donors (Lipinski definition) is 3. The molecule has 0 bridgehead atoms. The van der Waals surface area contributed by atoms with Crippen molar-refractivity contribution in [3.05, 3.63) is 106 Å². The molecule has 0 radical (unpaired) electrons. The number of carbonyl (C=O) groups is 2. The Morgan fingerprint density at radius 2 is 1.86 bits per heavy atom. The summed E-state index contributed by atoms with van der Waals surface area (Å²) in [6, 6.07) is 23.5. The average molecular weight is 760 g/mol. The number of halogens is 1. The highest BCUT2D eigenvalue weighted by molar-refractivity contribution is 9.10. The molecule has 3 aliphatic heterocycles. The lowest BCUT2D eigenvalue weighted by molar-refractivity contribution is -0.146. The Labute approximate surface area is 301 Å². The third-order valence-corrected chi connectivity index (χ3v) is 13.6. The van der Waals surface area contributed by atoms with Gasteiger partial charge in [-0.15, -0.1) is 5.10 Å². The Hall–Kier alpha value is -3.72. The number of anilines is 2. The highest BCUT2D eigenvalue weighted by Gasteiger charge is 2.66. The highest BCUT2D eigenvalue weighted by atomic mass is 79.9. The maximum atomic E-state index is 14.8. The van der Waals surface area contributed by atoms with Gasteiger partial charge in [-0.3, -0.25) is 14.3 Å². The Morgan fingerprint density at radius 1 is 1.10 bits per heavy atom. The van der Waals surface area contributed by atoms with Crippen LogP contribution in [0.5, 0.6) is 0 Å². The summed E-state index contributed by atoms with van der Waals surface area (Å²) in [6.45, 7) is 8.30. The summed E-state index contributed by atoms with van der Waals surface area (Å²) < 4.78 is 9.61. The van der Waals surface area contributed by atoms with Gasteiger partial charge in [-0.2, -0.15) is 0 Å². The molecule has 2 saturated heterocycles. The molecule has 3 aromatic carbocycles. The quantitative estimate of drug-likeness (QED) is 0.201. The van der Waals surface area contributed by atoms with E-state index in [1.807, 2.05) is 99.0 Å². The fourth-order valence-electron chi connectivity index (χ4n) is 8.22. The van der Waals surface area contributed by atoms with Crippen LogP contribution < -0.4 is 15.1 Å². The molecule has 4 heterocycles. The van der Waals surface area contributed by atoms with Crippen molar-refractivity contribution in [2.24, 2.45) is 5.92 Å². The van der Waals surface area contributed by atoms with Gasteiger partial charge in [0, 0.05) is 53.0 Å². The number of benzene rings is 3. The van der Waals surface area contributed by atoms with Crippen LogP contribution in [0.4, 0.5) is 11.4 Å². The maximum Gasteiger partial charge on any atom is 0.264 e. The van der Waals surface area contributed by atoms with Crippen molar-refractivity contribution in [2.45, 2.75) is 62.7 Å². The van der Waals surface area contributed by atoms with Gasteiger partial charge in [0.15, 0.2) is 13.9 Å². The van der Waals surface area contributed by atoms with E-state index in [9.17, 15) is 19.5 Å². The van der Waals surface area contributed by atoms with Crippen molar-refractivity contribution < 1.29 is 24.2 Å². The van der Waals surface area contributed by atoms with Crippen molar-refractivity contribution >= 4 is 47.4 Å². The van der Waals surface area contributed by atoms with E-state index in [1.54, 1.807) is 14.5 Å². The summed E-state index contributed by atoms with van der Waals surface area (Å²) in [5.41, 5.74) is 3.51. The number of fused-ring (bicyclic) bond motifs is 2. The van der Waals surface area contributed by atoms with Crippen LogP contribution in [0.3, 0.4) is 0 Å². The number of rotatable bonds is 10. The number of hydrogen-bond acceptors (Lipinski definition) is 8. The van der Waals surface area contributed by atoms with Gasteiger partial charge in [0.2, 0.25) is 5.91 Å². The molecular formula is C37H43BrN6O5Si. The van der Waals surface area contributed by atoms with Crippen molar-refractivity contribution in [3.63, 3.8) is 0 Å². The van der Waals surface area contributed by atoms with E-state index in [1.165, 1.54) is 0 Å². The van der Waals surface area contributed by atoms with Gasteiger partial charge in [0.1, 0.15) is 0 Å². The summed E-state index contributed by atoms with van der Waals surface area (Å²) in [6.07, 6.45) is 1.98. The Morgan fingerprint density at radius 3 is 2.56 bits per heavy atom. The fraction of sp³-hybridized carbons (Fsp3) is 0.405. The van der Waals surface area contributed by atoms with E-state index < -0.39 is 20.0 Å². The van der Waals surface area contributed by atoms with Crippen LogP contribution in [-0.2, 0) is 33.0 Å². The molecule has 5 atom stereocenters. The number of piperazine rings is 1. The molecule has 7 rings (SSSR count). The van der Waals surface area contributed by atoms with Gasteiger partial charge in [0.05, 0.1) is 43.1 Å². The first-order chi connectivity index (χ1) is 24.0. The van der Waals surface area contributed by atoms with Gasteiger partial charge in [0.25, 0.3) is 5.91 Å². The molecule has 50 heavy (non-hydrogen) atoms. The molecule has 262 valence electrons. The minimum absolute atomic E-state index is 0.0396. The zero-order valence-corrected chi connectivity index (χ0v) is 31.1. The number of nitrogens with zero attached hydrogens (tertiary/aromatic N) is 5. The summed E-state index contributed by atoms with van der Waals surface area (Å²) in [7, 11) is -2.86. The molecule has 4 aromatic rings. The molecule has 0 saturated carbocycles. The number of aliphatic hydroxyl groups excluding tert-OH is 1. The summed E-state index contributed by atoms with van der Waals surface area (Å²) in [5, 5.41) is 22.0. The Bertz CT molecular complexity index is 1870. The minimum Gasteiger partial charge on any atom is -0.432 e. The number of aryl methyl sites for hydroxylation is 1. The van der Waals surface area contributed by atoms with E-state index in [0.29, 0.717) is 38.3 Å². The van der Waals surface area contributed by atoms with Gasteiger partial charge >= 0.3 is 0 Å². The van der Waals surface area contributed by atoms with Crippen LogP contribution in [-0.4, -0.2) is 77.4 Å². The fourth-order valence-corrected chi connectivity index (χ4v) is 11.2.